The number of nitrogens with zero attached hydrogens (tertiary/aromatic N) is 4. The van der Waals surface area contributed by atoms with Crippen LogP contribution < -0.4 is 10.1 Å². The Morgan fingerprint density at radius 1 is 1.00 bits per heavy atom. The van der Waals surface area contributed by atoms with Crippen molar-refractivity contribution in [3.63, 3.8) is 0 Å². The molecule has 0 radical (unpaired) electrons. The minimum Gasteiger partial charge on any atom is -0.484 e. The van der Waals surface area contributed by atoms with Gasteiger partial charge in [0, 0.05) is 18.1 Å². The maximum Gasteiger partial charge on any atom is 0.243 e. The number of carbonyl (C=O) groups excluding carboxylic acids is 1. The molecule has 1 aliphatic rings. The van der Waals surface area contributed by atoms with E-state index in [4.69, 9.17) is 44.3 Å². The first-order chi connectivity index (χ1) is 21.0. The van der Waals surface area contributed by atoms with Crippen LogP contribution in [-0.2, 0) is 26.2 Å². The highest BCUT2D eigenvalue weighted by Gasteiger charge is 2.27. The second kappa shape index (κ2) is 14.1. The summed E-state index contributed by atoms with van der Waals surface area (Å²) in [7, 11) is -3.77. The van der Waals surface area contributed by atoms with Crippen molar-refractivity contribution in [1.82, 2.24) is 19.1 Å². The maximum atomic E-state index is 13.1. The van der Waals surface area contributed by atoms with Gasteiger partial charge in [-0.1, -0.05) is 58.7 Å². The molecular formula is C29H28Cl3N5O5S2. The molecule has 0 bridgehead atoms. The number of aromatic nitrogens is 3. The first kappa shape index (κ1) is 32.6. The number of halogens is 3. The highest BCUT2D eigenvalue weighted by Crippen LogP contribution is 2.31. The second-order valence-corrected chi connectivity index (χ2v) is 14.0. The van der Waals surface area contributed by atoms with Gasteiger partial charge < -0.3 is 14.8 Å². The van der Waals surface area contributed by atoms with Crippen molar-refractivity contribution in [3.05, 3.63) is 86.6 Å². The van der Waals surface area contributed by atoms with Gasteiger partial charge in [-0.05, 0) is 67.4 Å². The van der Waals surface area contributed by atoms with Crippen molar-refractivity contribution in [2.45, 2.75) is 30.5 Å². The van der Waals surface area contributed by atoms with Crippen molar-refractivity contribution < 1.29 is 22.7 Å². The van der Waals surface area contributed by atoms with Crippen LogP contribution in [0.2, 0.25) is 15.1 Å². The normalized spacial score (nSPS) is 14.0. The summed E-state index contributed by atoms with van der Waals surface area (Å²) >= 11 is 19.8. The lowest BCUT2D eigenvalue weighted by Gasteiger charge is -2.26. The molecule has 1 fully saturated rings. The Bertz CT molecular complexity index is 1800. The number of morpholine rings is 1. The fourth-order valence-corrected chi connectivity index (χ4v) is 7.26. The summed E-state index contributed by atoms with van der Waals surface area (Å²) in [5.74, 6) is 0.481. The third-order valence-electron chi connectivity index (χ3n) is 6.71. The molecule has 5 rings (SSSR count). The van der Waals surface area contributed by atoms with E-state index in [2.05, 4.69) is 15.5 Å². The van der Waals surface area contributed by atoms with Gasteiger partial charge in [0.2, 0.25) is 15.9 Å². The SMILES string of the molecule is Cc1ccc(C)c(-n2c(COc3ccc(Cl)cc3Cl)nnc2SCC(=O)Nc2cc(S(=O)(=O)N3CCOCC3)ccc2Cl)c1. The zero-order chi connectivity index (χ0) is 31.4. The number of thioether (sulfide) groups is 1. The Kier molecular flexibility index (Phi) is 10.4. The van der Waals surface area contributed by atoms with Gasteiger partial charge in [0.25, 0.3) is 0 Å². The summed E-state index contributed by atoms with van der Waals surface area (Å²) in [6.45, 7) is 5.15. The molecular weight excluding hydrogens is 669 g/mol. The van der Waals surface area contributed by atoms with Gasteiger partial charge in [-0.2, -0.15) is 4.31 Å². The van der Waals surface area contributed by atoms with Crippen LogP contribution in [0, 0.1) is 13.8 Å². The number of rotatable bonds is 10. The molecule has 1 aromatic heterocycles. The summed E-state index contributed by atoms with van der Waals surface area (Å²) in [5.41, 5.74) is 3.03. The molecule has 15 heteroatoms. The molecule has 232 valence electrons. The topological polar surface area (TPSA) is 116 Å². The number of carbonyl (C=O) groups is 1. The molecule has 0 aliphatic carbocycles. The summed E-state index contributed by atoms with van der Waals surface area (Å²) in [5, 5.41) is 13.0. The average Bonchev–Trinajstić information content (AvgIpc) is 3.40. The molecule has 2 heterocycles. The van der Waals surface area contributed by atoms with E-state index in [0.717, 1.165) is 28.6 Å². The number of benzene rings is 3. The van der Waals surface area contributed by atoms with Crippen molar-refractivity contribution >= 4 is 68.2 Å². The van der Waals surface area contributed by atoms with Crippen molar-refractivity contribution in [2.75, 3.05) is 37.4 Å². The first-order valence-corrected chi connectivity index (χ1v) is 17.0. The summed E-state index contributed by atoms with van der Waals surface area (Å²) in [6, 6.07) is 15.2. The van der Waals surface area contributed by atoms with E-state index in [1.165, 1.54) is 22.5 Å². The number of amides is 1. The standard InChI is InChI=1S/C29H28Cl3N5O5S2/c1-18-3-4-19(2)25(13-18)37-27(16-42-26-8-5-20(30)14-23(26)32)34-35-29(37)43-17-28(38)33-24-15-21(6-7-22(24)31)44(39,40)36-9-11-41-12-10-36/h3-8,13-15H,9-12,16-17H2,1-2H3,(H,33,38). The molecule has 3 aromatic carbocycles. The lowest BCUT2D eigenvalue weighted by molar-refractivity contribution is -0.113. The second-order valence-electron chi connectivity index (χ2n) is 9.88. The quantitative estimate of drug-likeness (QED) is 0.196. The predicted octanol–water partition coefficient (Wildman–Crippen LogP) is 6.18. The Morgan fingerprint density at radius 3 is 2.52 bits per heavy atom. The molecule has 0 atom stereocenters. The van der Waals surface area contributed by atoms with Crippen LogP contribution in [-0.4, -0.2) is 65.5 Å². The van der Waals surface area contributed by atoms with Crippen LogP contribution in [0.25, 0.3) is 5.69 Å². The lowest BCUT2D eigenvalue weighted by Crippen LogP contribution is -2.40. The van der Waals surface area contributed by atoms with Crippen LogP contribution in [0.4, 0.5) is 5.69 Å². The highest BCUT2D eigenvalue weighted by molar-refractivity contribution is 7.99. The van der Waals surface area contributed by atoms with Crippen LogP contribution in [0.1, 0.15) is 17.0 Å². The Balaban J connectivity index is 1.34. The number of hydrogen-bond donors (Lipinski definition) is 1. The monoisotopic (exact) mass is 695 g/mol. The van der Waals surface area contributed by atoms with Crippen molar-refractivity contribution in [1.29, 1.82) is 0 Å². The molecule has 0 saturated carbocycles. The largest absolute Gasteiger partial charge is 0.484 e. The average molecular weight is 697 g/mol. The number of aryl methyl sites for hydroxylation is 2. The maximum absolute atomic E-state index is 13.1. The van der Waals surface area contributed by atoms with Crippen LogP contribution in [0.15, 0.2) is 64.6 Å². The zero-order valence-corrected chi connectivity index (χ0v) is 27.6. The van der Waals surface area contributed by atoms with E-state index in [-0.39, 0.29) is 41.1 Å². The van der Waals surface area contributed by atoms with Gasteiger partial charge in [-0.25, -0.2) is 8.42 Å². The minimum absolute atomic E-state index is 0.0341. The van der Waals surface area contributed by atoms with Crippen LogP contribution in [0.3, 0.4) is 0 Å². The molecule has 1 saturated heterocycles. The van der Waals surface area contributed by atoms with Gasteiger partial charge in [0.1, 0.15) is 12.4 Å². The zero-order valence-electron chi connectivity index (χ0n) is 23.7. The summed E-state index contributed by atoms with van der Waals surface area (Å²) in [4.78, 5) is 13.1. The van der Waals surface area contributed by atoms with E-state index in [9.17, 15) is 13.2 Å². The Labute approximate surface area is 274 Å². The lowest BCUT2D eigenvalue weighted by atomic mass is 10.1. The van der Waals surface area contributed by atoms with Gasteiger partial charge in [-0.15, -0.1) is 10.2 Å². The van der Waals surface area contributed by atoms with E-state index >= 15 is 0 Å². The highest BCUT2D eigenvalue weighted by atomic mass is 35.5. The smallest absolute Gasteiger partial charge is 0.243 e. The summed E-state index contributed by atoms with van der Waals surface area (Å²) < 4.78 is 40.6. The van der Waals surface area contributed by atoms with E-state index < -0.39 is 15.9 Å². The number of nitrogens with one attached hydrogen (secondary N) is 1. The number of ether oxygens (including phenoxy) is 2. The van der Waals surface area contributed by atoms with Gasteiger partial charge >= 0.3 is 0 Å². The fourth-order valence-electron chi connectivity index (χ4n) is 4.44. The first-order valence-electron chi connectivity index (χ1n) is 13.4. The molecule has 10 nitrogen and oxygen atoms in total. The van der Waals surface area contributed by atoms with Crippen molar-refractivity contribution in [3.8, 4) is 11.4 Å². The Hall–Kier alpha value is -2.84. The van der Waals surface area contributed by atoms with Crippen molar-refractivity contribution in [2.24, 2.45) is 0 Å². The van der Waals surface area contributed by atoms with E-state index in [1.807, 2.05) is 36.6 Å². The Morgan fingerprint density at radius 2 is 1.77 bits per heavy atom. The van der Waals surface area contributed by atoms with Crippen LogP contribution >= 0.6 is 46.6 Å². The third-order valence-corrected chi connectivity index (χ3v) is 10.4. The predicted molar refractivity (Wildman–Crippen MR) is 172 cm³/mol. The molecule has 0 spiro atoms. The molecule has 4 aromatic rings. The molecule has 1 aliphatic heterocycles. The molecule has 44 heavy (non-hydrogen) atoms. The number of hydrogen-bond acceptors (Lipinski definition) is 8. The summed E-state index contributed by atoms with van der Waals surface area (Å²) in [6.07, 6.45) is 0. The van der Waals surface area contributed by atoms with E-state index in [0.29, 0.717) is 40.0 Å². The van der Waals surface area contributed by atoms with Gasteiger partial charge in [-0.3, -0.25) is 9.36 Å². The van der Waals surface area contributed by atoms with Gasteiger partial charge in [0.15, 0.2) is 11.0 Å². The van der Waals surface area contributed by atoms with E-state index in [1.54, 1.807) is 18.2 Å². The number of sulfonamides is 1. The number of anilines is 1. The fraction of sp³-hybridized carbons (Fsp3) is 0.276. The minimum atomic E-state index is -3.77. The van der Waals surface area contributed by atoms with Gasteiger partial charge in [0.05, 0.1) is 45.3 Å². The third kappa shape index (κ3) is 7.51. The molecule has 1 N–H and O–H groups in total. The van der Waals surface area contributed by atoms with Crippen LogP contribution in [0.5, 0.6) is 5.75 Å². The molecule has 0 unspecified atom stereocenters. The molecule has 1 amide bonds.